The summed E-state index contributed by atoms with van der Waals surface area (Å²) in [6, 6.07) is 6.95. The number of carbonyl (C=O) groups is 2. The molecule has 0 spiro atoms. The van der Waals surface area contributed by atoms with Gasteiger partial charge in [-0.25, -0.2) is 0 Å². The van der Waals surface area contributed by atoms with E-state index in [9.17, 15) is 9.59 Å². The van der Waals surface area contributed by atoms with Crippen molar-refractivity contribution in [2.75, 3.05) is 0 Å². The highest BCUT2D eigenvalue weighted by Gasteiger charge is 2.22. The van der Waals surface area contributed by atoms with Crippen LogP contribution in [0.25, 0.3) is 0 Å². The van der Waals surface area contributed by atoms with Crippen LogP contribution in [-0.4, -0.2) is 36.2 Å². The Morgan fingerprint density at radius 2 is 1.45 bits per heavy atom. The number of rotatable bonds is 13. The zero-order valence-electron chi connectivity index (χ0n) is 24.0. The summed E-state index contributed by atoms with van der Waals surface area (Å²) in [5, 5.41) is 0.311. The SMILES string of the molecule is CC(C)Oc1cc(CCC(=O)OC(C)(C)C)c(Oc2cc(CC=O)c(OC(C)C)cc2Cl)c(OC(C)C)c1. The number of carbonyl (C=O) groups excluding carboxylic acids is 2. The molecule has 8 heteroatoms. The zero-order valence-corrected chi connectivity index (χ0v) is 24.7. The third kappa shape index (κ3) is 10.1. The fourth-order valence-electron chi connectivity index (χ4n) is 3.62. The molecule has 0 saturated carbocycles. The van der Waals surface area contributed by atoms with Gasteiger partial charge in [-0.2, -0.15) is 0 Å². The van der Waals surface area contributed by atoms with Crippen molar-refractivity contribution in [1.82, 2.24) is 0 Å². The predicted octanol–water partition coefficient (Wildman–Crippen LogP) is 7.51. The van der Waals surface area contributed by atoms with Gasteiger partial charge in [-0.05, 0) is 80.9 Å². The van der Waals surface area contributed by atoms with E-state index in [2.05, 4.69) is 0 Å². The van der Waals surface area contributed by atoms with Crippen LogP contribution < -0.4 is 18.9 Å². The summed E-state index contributed by atoms with van der Waals surface area (Å²) >= 11 is 6.61. The first-order valence-electron chi connectivity index (χ1n) is 13.0. The zero-order chi connectivity index (χ0) is 28.6. The number of ether oxygens (including phenoxy) is 5. The number of hydrogen-bond donors (Lipinski definition) is 0. The molecule has 2 aromatic rings. The van der Waals surface area contributed by atoms with Crippen LogP contribution in [0.3, 0.4) is 0 Å². The van der Waals surface area contributed by atoms with Gasteiger partial charge in [-0.1, -0.05) is 11.6 Å². The molecule has 7 nitrogen and oxygen atoms in total. The van der Waals surface area contributed by atoms with E-state index >= 15 is 0 Å². The number of aryl methyl sites for hydroxylation is 1. The Morgan fingerprint density at radius 3 is 2.00 bits per heavy atom. The van der Waals surface area contributed by atoms with E-state index in [0.29, 0.717) is 51.3 Å². The topological polar surface area (TPSA) is 80.3 Å². The molecule has 0 aliphatic rings. The van der Waals surface area contributed by atoms with Crippen LogP contribution >= 0.6 is 11.6 Å². The third-order valence-electron chi connectivity index (χ3n) is 4.85. The number of benzene rings is 2. The Hall–Kier alpha value is -2.93. The van der Waals surface area contributed by atoms with Gasteiger partial charge in [-0.3, -0.25) is 4.79 Å². The van der Waals surface area contributed by atoms with Gasteiger partial charge in [0, 0.05) is 36.1 Å². The Morgan fingerprint density at radius 1 is 0.842 bits per heavy atom. The van der Waals surface area contributed by atoms with E-state index in [1.165, 1.54) is 0 Å². The molecule has 210 valence electrons. The van der Waals surface area contributed by atoms with Gasteiger partial charge in [-0.15, -0.1) is 0 Å². The minimum absolute atomic E-state index is 0.0683. The molecule has 2 rings (SSSR count). The van der Waals surface area contributed by atoms with Crippen LogP contribution in [0.1, 0.15) is 79.9 Å². The molecule has 0 bridgehead atoms. The van der Waals surface area contributed by atoms with Gasteiger partial charge < -0.3 is 28.5 Å². The fourth-order valence-corrected chi connectivity index (χ4v) is 3.82. The van der Waals surface area contributed by atoms with Crippen molar-refractivity contribution in [3.8, 4) is 28.7 Å². The average Bonchev–Trinajstić information content (AvgIpc) is 2.74. The molecule has 0 amide bonds. The van der Waals surface area contributed by atoms with E-state index < -0.39 is 5.60 Å². The largest absolute Gasteiger partial charge is 0.491 e. The second-order valence-electron chi connectivity index (χ2n) is 10.9. The van der Waals surface area contributed by atoms with Gasteiger partial charge in [0.05, 0.1) is 23.3 Å². The van der Waals surface area contributed by atoms with Crippen LogP contribution in [0.2, 0.25) is 5.02 Å². The number of aldehydes is 1. The van der Waals surface area contributed by atoms with Crippen LogP contribution in [0.5, 0.6) is 28.7 Å². The molecule has 0 N–H and O–H groups in total. The molecule has 0 aliphatic heterocycles. The number of halogens is 1. The maximum absolute atomic E-state index is 12.5. The molecule has 0 unspecified atom stereocenters. The molecule has 0 heterocycles. The normalized spacial score (nSPS) is 11.6. The first-order valence-corrected chi connectivity index (χ1v) is 13.4. The number of esters is 1. The second-order valence-corrected chi connectivity index (χ2v) is 11.3. The lowest BCUT2D eigenvalue weighted by Gasteiger charge is -2.22. The third-order valence-corrected chi connectivity index (χ3v) is 5.15. The molecule has 38 heavy (non-hydrogen) atoms. The minimum Gasteiger partial charge on any atom is -0.491 e. The first kappa shape index (κ1) is 31.3. The Kier molecular flexibility index (Phi) is 11.3. The van der Waals surface area contributed by atoms with Crippen molar-refractivity contribution in [1.29, 1.82) is 0 Å². The Bertz CT molecular complexity index is 1100. The van der Waals surface area contributed by atoms with E-state index in [-0.39, 0.29) is 37.1 Å². The van der Waals surface area contributed by atoms with Crippen LogP contribution in [0.15, 0.2) is 24.3 Å². The smallest absolute Gasteiger partial charge is 0.306 e. The van der Waals surface area contributed by atoms with Crippen molar-refractivity contribution in [3.63, 3.8) is 0 Å². The summed E-state index contributed by atoms with van der Waals surface area (Å²) in [4.78, 5) is 23.9. The molecule has 0 saturated heterocycles. The van der Waals surface area contributed by atoms with Crippen LogP contribution in [0, 0.1) is 0 Å². The van der Waals surface area contributed by atoms with Gasteiger partial charge in [0.2, 0.25) is 0 Å². The summed E-state index contributed by atoms with van der Waals surface area (Å²) < 4.78 is 29.8. The molecule has 0 fully saturated rings. The monoisotopic (exact) mass is 548 g/mol. The fraction of sp³-hybridized carbons (Fsp3) is 0.533. The highest BCUT2D eigenvalue weighted by atomic mass is 35.5. The van der Waals surface area contributed by atoms with Gasteiger partial charge in [0.15, 0.2) is 11.5 Å². The van der Waals surface area contributed by atoms with Crippen LogP contribution in [-0.2, 0) is 27.2 Å². The van der Waals surface area contributed by atoms with E-state index in [4.69, 9.17) is 35.3 Å². The Balaban J connectivity index is 2.59. The predicted molar refractivity (Wildman–Crippen MR) is 149 cm³/mol. The van der Waals surface area contributed by atoms with Gasteiger partial charge >= 0.3 is 5.97 Å². The summed E-state index contributed by atoms with van der Waals surface area (Å²) in [5.74, 6) is 1.99. The van der Waals surface area contributed by atoms with Gasteiger partial charge in [0.1, 0.15) is 29.1 Å². The van der Waals surface area contributed by atoms with Crippen molar-refractivity contribution >= 4 is 23.9 Å². The maximum atomic E-state index is 12.5. The van der Waals surface area contributed by atoms with Crippen molar-refractivity contribution in [2.24, 2.45) is 0 Å². The Labute approximate surface area is 231 Å². The molecule has 0 radical (unpaired) electrons. The lowest BCUT2D eigenvalue weighted by atomic mass is 10.1. The molecular weight excluding hydrogens is 508 g/mol. The highest BCUT2D eigenvalue weighted by molar-refractivity contribution is 6.32. The second kappa shape index (κ2) is 13.7. The van der Waals surface area contributed by atoms with E-state index in [1.807, 2.05) is 68.4 Å². The summed E-state index contributed by atoms with van der Waals surface area (Å²) in [6.45, 7) is 17.0. The summed E-state index contributed by atoms with van der Waals surface area (Å²) in [5.41, 5.74) is 0.752. The van der Waals surface area contributed by atoms with Crippen molar-refractivity contribution in [3.05, 3.63) is 40.4 Å². The van der Waals surface area contributed by atoms with Crippen LogP contribution in [0.4, 0.5) is 0 Å². The standard InChI is InChI=1S/C30H41ClO7/c1-18(2)34-23-14-22(10-11-28(33)38-30(7,8)9)29(27(16-23)36-20(5)6)37-26-15-21(12-13-32)25(17-24(26)31)35-19(3)4/h13-20H,10-12H2,1-9H3. The molecule has 2 aromatic carbocycles. The minimum atomic E-state index is -0.590. The quantitative estimate of drug-likeness (QED) is 0.189. The average molecular weight is 549 g/mol. The molecule has 0 atom stereocenters. The van der Waals surface area contributed by atoms with Crippen molar-refractivity contribution in [2.45, 2.75) is 105 Å². The molecule has 0 aliphatic carbocycles. The maximum Gasteiger partial charge on any atom is 0.306 e. The van der Waals surface area contributed by atoms with Gasteiger partial charge in [0.25, 0.3) is 0 Å². The lowest BCUT2D eigenvalue weighted by Crippen LogP contribution is -2.24. The van der Waals surface area contributed by atoms with Crippen molar-refractivity contribution < 1.29 is 33.3 Å². The molecule has 0 aromatic heterocycles. The lowest BCUT2D eigenvalue weighted by molar-refractivity contribution is -0.154. The van der Waals surface area contributed by atoms with E-state index in [0.717, 1.165) is 6.29 Å². The summed E-state index contributed by atoms with van der Waals surface area (Å²) in [7, 11) is 0. The first-order chi connectivity index (χ1) is 17.7. The highest BCUT2D eigenvalue weighted by Crippen LogP contribution is 2.43. The van der Waals surface area contributed by atoms with E-state index in [1.54, 1.807) is 18.2 Å². The number of hydrogen-bond acceptors (Lipinski definition) is 7. The molecular formula is C30H41ClO7. The summed E-state index contributed by atoms with van der Waals surface area (Å²) in [6.07, 6.45) is 1.07.